The van der Waals surface area contributed by atoms with Crippen LogP contribution in [-0.2, 0) is 5.41 Å². The molecule has 0 spiro atoms. The standard InChI is InChI=1S/C8H14N2O/c1-4-8(3,5-2)7-6-9-10-11-7/h6H,4-5H2,1-3H3. The average molecular weight is 154 g/mol. The highest BCUT2D eigenvalue weighted by Gasteiger charge is 2.26. The topological polar surface area (TPSA) is 38.9 Å². The van der Waals surface area contributed by atoms with Gasteiger partial charge in [-0.2, -0.15) is 0 Å². The zero-order chi connectivity index (χ0) is 8.32. The molecule has 0 aromatic carbocycles. The SMILES string of the molecule is CCC(C)(CC)c1cnno1. The lowest BCUT2D eigenvalue weighted by molar-refractivity contribution is 0.281. The van der Waals surface area contributed by atoms with Crippen LogP contribution >= 0.6 is 0 Å². The molecule has 62 valence electrons. The Kier molecular flexibility index (Phi) is 2.27. The molecule has 0 saturated heterocycles. The van der Waals surface area contributed by atoms with E-state index in [0.717, 1.165) is 18.6 Å². The van der Waals surface area contributed by atoms with Gasteiger partial charge in [-0.1, -0.05) is 20.8 Å². The fraction of sp³-hybridized carbons (Fsp3) is 0.750. The van der Waals surface area contributed by atoms with Gasteiger partial charge in [0.2, 0.25) is 0 Å². The van der Waals surface area contributed by atoms with Crippen LogP contribution in [-0.4, -0.2) is 10.4 Å². The second kappa shape index (κ2) is 3.03. The summed E-state index contributed by atoms with van der Waals surface area (Å²) in [5.41, 5.74) is 0.115. The molecule has 1 aromatic heterocycles. The molecule has 0 aliphatic heterocycles. The van der Waals surface area contributed by atoms with Crippen LogP contribution in [0, 0.1) is 0 Å². The van der Waals surface area contributed by atoms with Crippen molar-refractivity contribution in [3.05, 3.63) is 12.0 Å². The van der Waals surface area contributed by atoms with Crippen molar-refractivity contribution in [3.8, 4) is 0 Å². The number of nitrogens with zero attached hydrogens (tertiary/aromatic N) is 2. The second-order valence-corrected chi connectivity index (χ2v) is 3.05. The van der Waals surface area contributed by atoms with E-state index in [0.29, 0.717) is 0 Å². The highest BCUT2D eigenvalue weighted by atomic mass is 16.5. The molecule has 0 aliphatic rings. The molecule has 0 atom stereocenters. The molecule has 1 rings (SSSR count). The van der Waals surface area contributed by atoms with Crippen LogP contribution in [0.5, 0.6) is 0 Å². The lowest BCUT2D eigenvalue weighted by Crippen LogP contribution is -2.18. The molecule has 1 heterocycles. The van der Waals surface area contributed by atoms with Gasteiger partial charge in [0.15, 0.2) is 5.76 Å². The number of aromatic nitrogens is 2. The molecule has 3 nitrogen and oxygen atoms in total. The molecule has 0 fully saturated rings. The largest absolute Gasteiger partial charge is 0.342 e. The highest BCUT2D eigenvalue weighted by Crippen LogP contribution is 2.29. The molecule has 0 amide bonds. The van der Waals surface area contributed by atoms with Gasteiger partial charge in [0, 0.05) is 10.7 Å². The first-order valence-electron chi connectivity index (χ1n) is 4.00. The summed E-state index contributed by atoms with van der Waals surface area (Å²) in [6, 6.07) is 0. The summed E-state index contributed by atoms with van der Waals surface area (Å²) in [5, 5.41) is 7.13. The van der Waals surface area contributed by atoms with Crippen molar-refractivity contribution in [2.45, 2.75) is 39.0 Å². The molecule has 3 heteroatoms. The van der Waals surface area contributed by atoms with E-state index in [1.165, 1.54) is 0 Å². The van der Waals surface area contributed by atoms with Gasteiger partial charge in [0.25, 0.3) is 0 Å². The molecular formula is C8H14N2O. The minimum Gasteiger partial charge on any atom is -0.342 e. The van der Waals surface area contributed by atoms with E-state index in [1.54, 1.807) is 6.20 Å². The van der Waals surface area contributed by atoms with Crippen LogP contribution in [0.3, 0.4) is 0 Å². The maximum atomic E-state index is 5.02. The predicted molar refractivity (Wildman–Crippen MR) is 42.2 cm³/mol. The third-order valence-corrected chi connectivity index (χ3v) is 2.52. The maximum absolute atomic E-state index is 5.02. The Hall–Kier alpha value is -0.860. The van der Waals surface area contributed by atoms with Crippen LogP contribution < -0.4 is 0 Å². The Morgan fingerprint density at radius 1 is 1.45 bits per heavy atom. The number of rotatable bonds is 3. The minimum atomic E-state index is 0.115. The van der Waals surface area contributed by atoms with E-state index >= 15 is 0 Å². The van der Waals surface area contributed by atoms with Crippen LogP contribution in [0.25, 0.3) is 0 Å². The molecule has 1 aromatic rings. The second-order valence-electron chi connectivity index (χ2n) is 3.05. The Labute approximate surface area is 66.8 Å². The zero-order valence-corrected chi connectivity index (χ0v) is 7.29. The Balaban J connectivity index is 2.87. The number of hydrogen-bond acceptors (Lipinski definition) is 3. The fourth-order valence-corrected chi connectivity index (χ4v) is 1.03. The minimum absolute atomic E-state index is 0.115. The van der Waals surface area contributed by atoms with E-state index in [9.17, 15) is 0 Å². The van der Waals surface area contributed by atoms with Crippen molar-refractivity contribution < 1.29 is 4.52 Å². The summed E-state index contributed by atoms with van der Waals surface area (Å²) in [4.78, 5) is 0. The first kappa shape index (κ1) is 8.24. The van der Waals surface area contributed by atoms with Gasteiger partial charge in [-0.3, -0.25) is 0 Å². The van der Waals surface area contributed by atoms with Gasteiger partial charge in [-0.05, 0) is 12.8 Å². The Morgan fingerprint density at radius 3 is 2.45 bits per heavy atom. The van der Waals surface area contributed by atoms with Gasteiger partial charge < -0.3 is 4.52 Å². The molecule has 11 heavy (non-hydrogen) atoms. The first-order chi connectivity index (χ1) is 5.23. The predicted octanol–water partition coefficient (Wildman–Crippen LogP) is 2.15. The van der Waals surface area contributed by atoms with E-state index in [1.807, 2.05) is 0 Å². The average Bonchev–Trinajstić information content (AvgIpc) is 2.55. The van der Waals surface area contributed by atoms with Crippen molar-refractivity contribution in [1.29, 1.82) is 0 Å². The van der Waals surface area contributed by atoms with Crippen LogP contribution in [0.15, 0.2) is 10.7 Å². The third-order valence-electron chi connectivity index (χ3n) is 2.52. The van der Waals surface area contributed by atoms with Crippen molar-refractivity contribution in [1.82, 2.24) is 10.4 Å². The van der Waals surface area contributed by atoms with Crippen LogP contribution in [0.2, 0.25) is 0 Å². The molecule has 0 bridgehead atoms. The van der Waals surface area contributed by atoms with Crippen LogP contribution in [0.4, 0.5) is 0 Å². The fourth-order valence-electron chi connectivity index (χ4n) is 1.03. The summed E-state index contributed by atoms with van der Waals surface area (Å²) >= 11 is 0. The van der Waals surface area contributed by atoms with Crippen molar-refractivity contribution in [2.24, 2.45) is 0 Å². The smallest absolute Gasteiger partial charge is 0.163 e. The maximum Gasteiger partial charge on any atom is 0.163 e. The lowest BCUT2D eigenvalue weighted by atomic mass is 9.83. The van der Waals surface area contributed by atoms with E-state index in [2.05, 4.69) is 31.1 Å². The molecule has 0 N–H and O–H groups in total. The van der Waals surface area contributed by atoms with Crippen LogP contribution in [0.1, 0.15) is 39.4 Å². The van der Waals surface area contributed by atoms with Gasteiger partial charge in [0.05, 0.1) is 6.20 Å². The van der Waals surface area contributed by atoms with Gasteiger partial charge in [0.1, 0.15) is 0 Å². The van der Waals surface area contributed by atoms with Gasteiger partial charge >= 0.3 is 0 Å². The molecular weight excluding hydrogens is 140 g/mol. The zero-order valence-electron chi connectivity index (χ0n) is 7.29. The summed E-state index contributed by atoms with van der Waals surface area (Å²) < 4.78 is 5.02. The Bertz CT molecular complexity index is 202. The Morgan fingerprint density at radius 2 is 2.09 bits per heavy atom. The van der Waals surface area contributed by atoms with Crippen molar-refractivity contribution in [2.75, 3.05) is 0 Å². The summed E-state index contributed by atoms with van der Waals surface area (Å²) in [6.45, 7) is 6.45. The third kappa shape index (κ3) is 1.42. The summed E-state index contributed by atoms with van der Waals surface area (Å²) in [6.07, 6.45) is 3.81. The van der Waals surface area contributed by atoms with Crippen molar-refractivity contribution >= 4 is 0 Å². The van der Waals surface area contributed by atoms with E-state index in [-0.39, 0.29) is 5.41 Å². The monoisotopic (exact) mass is 154 g/mol. The lowest BCUT2D eigenvalue weighted by Gasteiger charge is -2.21. The quantitative estimate of drug-likeness (QED) is 0.669. The molecule has 0 saturated carbocycles. The molecule has 0 aliphatic carbocycles. The van der Waals surface area contributed by atoms with Gasteiger partial charge in [-0.15, -0.1) is 5.10 Å². The summed E-state index contributed by atoms with van der Waals surface area (Å²) in [7, 11) is 0. The van der Waals surface area contributed by atoms with E-state index in [4.69, 9.17) is 4.52 Å². The normalized spacial score (nSPS) is 11.9. The first-order valence-corrected chi connectivity index (χ1v) is 4.00. The molecule has 0 unspecified atom stereocenters. The summed E-state index contributed by atoms with van der Waals surface area (Å²) in [5.74, 6) is 0.891. The highest BCUT2D eigenvalue weighted by molar-refractivity contribution is 5.05. The number of hydrogen-bond donors (Lipinski definition) is 0. The van der Waals surface area contributed by atoms with E-state index < -0.39 is 0 Å². The van der Waals surface area contributed by atoms with Gasteiger partial charge in [-0.25, -0.2) is 0 Å². The van der Waals surface area contributed by atoms with Crippen molar-refractivity contribution in [3.63, 3.8) is 0 Å². The molecule has 0 radical (unpaired) electrons.